The number of piperidine rings is 1. The third-order valence-corrected chi connectivity index (χ3v) is 5.17. The lowest BCUT2D eigenvalue weighted by molar-refractivity contribution is 0.297. The number of nitrogens with zero attached hydrogens (tertiary/aromatic N) is 3. The molecule has 20 heavy (non-hydrogen) atoms. The Kier molecular flexibility index (Phi) is 4.03. The van der Waals surface area contributed by atoms with Gasteiger partial charge in [-0.25, -0.2) is 12.8 Å². The van der Waals surface area contributed by atoms with Crippen molar-refractivity contribution in [2.75, 3.05) is 6.54 Å². The van der Waals surface area contributed by atoms with Crippen molar-refractivity contribution in [1.29, 1.82) is 10.5 Å². The normalized spacial score (nSPS) is 20.1. The van der Waals surface area contributed by atoms with Crippen LogP contribution in [0, 0.1) is 28.5 Å². The molecule has 0 aromatic heterocycles. The molecule has 0 spiro atoms. The number of benzene rings is 1. The van der Waals surface area contributed by atoms with Crippen LogP contribution in [-0.2, 0) is 10.0 Å². The molecule has 2 rings (SSSR count). The third-order valence-electron chi connectivity index (χ3n) is 3.27. The zero-order valence-corrected chi connectivity index (χ0v) is 11.4. The third kappa shape index (κ3) is 2.51. The first-order valence-electron chi connectivity index (χ1n) is 6.12. The molecule has 0 radical (unpaired) electrons. The monoisotopic (exact) mass is 293 g/mol. The molecular formula is C13H12FN3O2S. The van der Waals surface area contributed by atoms with Gasteiger partial charge in [0.25, 0.3) is 0 Å². The maximum absolute atomic E-state index is 13.3. The first-order chi connectivity index (χ1) is 9.50. The Labute approximate surface area is 116 Å². The van der Waals surface area contributed by atoms with E-state index in [-0.39, 0.29) is 17.0 Å². The largest absolute Gasteiger partial charge is 0.244 e. The highest BCUT2D eigenvalue weighted by atomic mass is 32.2. The molecule has 1 unspecified atom stereocenters. The lowest BCUT2D eigenvalue weighted by atomic mass is 10.1. The van der Waals surface area contributed by atoms with E-state index in [4.69, 9.17) is 10.5 Å². The summed E-state index contributed by atoms with van der Waals surface area (Å²) in [5.74, 6) is -0.762. The molecule has 104 valence electrons. The molecule has 1 aliphatic rings. The first kappa shape index (κ1) is 14.4. The maximum atomic E-state index is 13.3. The molecule has 1 aromatic carbocycles. The maximum Gasteiger partial charge on any atom is 0.244 e. The molecule has 1 atom stereocenters. The van der Waals surface area contributed by atoms with E-state index in [1.54, 1.807) is 6.07 Å². The second-order valence-electron chi connectivity index (χ2n) is 4.51. The number of nitriles is 2. The second-order valence-corrected chi connectivity index (χ2v) is 6.40. The molecule has 1 saturated heterocycles. The summed E-state index contributed by atoms with van der Waals surface area (Å²) in [5, 5.41) is 17.8. The van der Waals surface area contributed by atoms with Gasteiger partial charge in [-0.3, -0.25) is 0 Å². The highest BCUT2D eigenvalue weighted by Gasteiger charge is 2.33. The van der Waals surface area contributed by atoms with Gasteiger partial charge >= 0.3 is 0 Å². The van der Waals surface area contributed by atoms with Crippen molar-refractivity contribution >= 4 is 10.0 Å². The predicted molar refractivity (Wildman–Crippen MR) is 68.3 cm³/mol. The lowest BCUT2D eigenvalue weighted by Crippen LogP contribution is -2.42. The number of sulfonamides is 1. The van der Waals surface area contributed by atoms with E-state index < -0.39 is 21.9 Å². The van der Waals surface area contributed by atoms with Gasteiger partial charge in [-0.15, -0.1) is 0 Å². The molecule has 5 nitrogen and oxygen atoms in total. The van der Waals surface area contributed by atoms with E-state index >= 15 is 0 Å². The van der Waals surface area contributed by atoms with Crippen LogP contribution in [0.15, 0.2) is 23.1 Å². The van der Waals surface area contributed by atoms with Crippen LogP contribution in [0.5, 0.6) is 0 Å². The van der Waals surface area contributed by atoms with Crippen LogP contribution in [-0.4, -0.2) is 25.3 Å². The van der Waals surface area contributed by atoms with E-state index in [1.807, 2.05) is 6.07 Å². The van der Waals surface area contributed by atoms with Gasteiger partial charge in [-0.1, -0.05) is 0 Å². The quantitative estimate of drug-likeness (QED) is 0.831. The minimum Gasteiger partial charge on any atom is -0.207 e. The molecule has 0 amide bonds. The van der Waals surface area contributed by atoms with E-state index in [9.17, 15) is 12.8 Å². The van der Waals surface area contributed by atoms with Crippen molar-refractivity contribution in [1.82, 2.24) is 4.31 Å². The van der Waals surface area contributed by atoms with Crippen molar-refractivity contribution in [3.63, 3.8) is 0 Å². The predicted octanol–water partition coefficient (Wildman–Crippen LogP) is 1.76. The molecule has 1 aromatic rings. The van der Waals surface area contributed by atoms with Gasteiger partial charge < -0.3 is 0 Å². The van der Waals surface area contributed by atoms with Crippen LogP contribution in [0.3, 0.4) is 0 Å². The van der Waals surface area contributed by atoms with Crippen LogP contribution in [0.4, 0.5) is 4.39 Å². The first-order valence-corrected chi connectivity index (χ1v) is 7.56. The Morgan fingerprint density at radius 1 is 1.30 bits per heavy atom. The van der Waals surface area contributed by atoms with Gasteiger partial charge in [-0.2, -0.15) is 14.8 Å². The molecular weight excluding hydrogens is 281 g/mol. The minimum absolute atomic E-state index is 0.155. The summed E-state index contributed by atoms with van der Waals surface area (Å²) < 4.78 is 39.3. The van der Waals surface area contributed by atoms with Gasteiger partial charge in [0.05, 0.1) is 16.5 Å². The molecule has 0 bridgehead atoms. The summed E-state index contributed by atoms with van der Waals surface area (Å²) in [5.41, 5.74) is -0.323. The average molecular weight is 293 g/mol. The molecule has 0 N–H and O–H groups in total. The zero-order valence-electron chi connectivity index (χ0n) is 10.6. The van der Waals surface area contributed by atoms with Crippen molar-refractivity contribution in [3.8, 4) is 12.1 Å². The number of hydrogen-bond acceptors (Lipinski definition) is 4. The number of halogens is 1. The Balaban J connectivity index is 2.45. The van der Waals surface area contributed by atoms with Gasteiger partial charge in [0.15, 0.2) is 0 Å². The molecule has 7 heteroatoms. The van der Waals surface area contributed by atoms with E-state index in [0.29, 0.717) is 12.8 Å². The summed E-state index contributed by atoms with van der Waals surface area (Å²) in [6.07, 6.45) is 1.98. The number of rotatable bonds is 2. The Bertz CT molecular complexity index is 703. The second kappa shape index (κ2) is 5.58. The Hall–Kier alpha value is -1.96. The van der Waals surface area contributed by atoms with Gasteiger partial charge in [0.2, 0.25) is 10.0 Å². The van der Waals surface area contributed by atoms with Crippen molar-refractivity contribution in [2.45, 2.75) is 30.2 Å². The van der Waals surface area contributed by atoms with Crippen molar-refractivity contribution < 1.29 is 12.8 Å². The highest BCUT2D eigenvalue weighted by Crippen LogP contribution is 2.26. The highest BCUT2D eigenvalue weighted by molar-refractivity contribution is 7.89. The summed E-state index contributed by atoms with van der Waals surface area (Å²) in [7, 11) is -3.88. The van der Waals surface area contributed by atoms with Crippen LogP contribution in [0.25, 0.3) is 0 Å². The minimum atomic E-state index is -3.88. The van der Waals surface area contributed by atoms with E-state index in [1.165, 1.54) is 0 Å². The summed E-state index contributed by atoms with van der Waals surface area (Å²) in [6, 6.07) is 5.97. The Morgan fingerprint density at radius 2 is 2.05 bits per heavy atom. The smallest absolute Gasteiger partial charge is 0.207 e. The van der Waals surface area contributed by atoms with E-state index in [0.717, 1.165) is 28.9 Å². The molecule has 0 saturated carbocycles. The van der Waals surface area contributed by atoms with Gasteiger partial charge in [0, 0.05) is 6.54 Å². The molecule has 0 aliphatic carbocycles. The average Bonchev–Trinajstić information content (AvgIpc) is 2.47. The zero-order chi connectivity index (χ0) is 14.8. The van der Waals surface area contributed by atoms with Crippen LogP contribution in [0.1, 0.15) is 24.8 Å². The SMILES string of the molecule is N#Cc1cc(S(=O)(=O)N2CCCCC2C#N)ccc1F. The summed E-state index contributed by atoms with van der Waals surface area (Å²) in [4.78, 5) is -0.155. The molecule has 1 heterocycles. The van der Waals surface area contributed by atoms with Crippen molar-refractivity contribution in [3.05, 3.63) is 29.6 Å². The van der Waals surface area contributed by atoms with Crippen LogP contribution < -0.4 is 0 Å². The molecule has 1 fully saturated rings. The van der Waals surface area contributed by atoms with Gasteiger partial charge in [0.1, 0.15) is 17.9 Å². The fourth-order valence-electron chi connectivity index (χ4n) is 2.21. The van der Waals surface area contributed by atoms with Gasteiger partial charge in [-0.05, 0) is 37.5 Å². The van der Waals surface area contributed by atoms with Crippen LogP contribution in [0.2, 0.25) is 0 Å². The fourth-order valence-corrected chi connectivity index (χ4v) is 3.84. The summed E-state index contributed by atoms with van der Waals surface area (Å²) in [6.45, 7) is 0.264. The standard InChI is InChI=1S/C13H12FN3O2S/c14-13-5-4-12(7-10(13)8-15)20(18,19)17-6-2-1-3-11(17)9-16/h4-5,7,11H,1-3,6H2. The topological polar surface area (TPSA) is 85.0 Å². The van der Waals surface area contributed by atoms with Crippen LogP contribution >= 0.6 is 0 Å². The lowest BCUT2D eigenvalue weighted by Gasteiger charge is -2.30. The number of hydrogen-bond donors (Lipinski definition) is 0. The molecule has 1 aliphatic heterocycles. The Morgan fingerprint density at radius 3 is 2.70 bits per heavy atom. The fraction of sp³-hybridized carbons (Fsp3) is 0.385. The van der Waals surface area contributed by atoms with Crippen molar-refractivity contribution in [2.24, 2.45) is 0 Å². The van der Waals surface area contributed by atoms with E-state index in [2.05, 4.69) is 0 Å². The summed E-state index contributed by atoms with van der Waals surface area (Å²) >= 11 is 0.